The number of rotatable bonds is 0. The lowest BCUT2D eigenvalue weighted by Crippen LogP contribution is -2.79. The van der Waals surface area contributed by atoms with Crippen LogP contribution in [0, 0.1) is 18.8 Å². The van der Waals surface area contributed by atoms with Crippen LogP contribution in [0.5, 0.6) is 0 Å². The molecule has 0 saturated carbocycles. The molecule has 0 aromatic carbocycles. The minimum atomic E-state index is -0.950. The quantitative estimate of drug-likeness (QED) is 0.290. The summed E-state index contributed by atoms with van der Waals surface area (Å²) in [6.07, 6.45) is 1.82. The molecule has 4 aromatic heterocycles. The molecule has 0 amide bonds. The zero-order valence-corrected chi connectivity index (χ0v) is 16.6. The van der Waals surface area contributed by atoms with E-state index in [9.17, 15) is 4.39 Å². The van der Waals surface area contributed by atoms with Crippen molar-refractivity contribution in [3.05, 3.63) is 89.0 Å². The Hall–Kier alpha value is -3.48. The Bertz CT molecular complexity index is 1470. The SMILES string of the molecule is Cc1ncc2n1-c1cccc3[n+]1[C@@]21c2cc(F)nc(F)c2-c2cccc([n+]21)C3(C)C. The summed E-state index contributed by atoms with van der Waals surface area (Å²) in [4.78, 5) is 8.09. The summed E-state index contributed by atoms with van der Waals surface area (Å²) >= 11 is 0. The van der Waals surface area contributed by atoms with E-state index in [0.717, 1.165) is 28.7 Å². The first-order valence-electron chi connectivity index (χ1n) is 9.92. The summed E-state index contributed by atoms with van der Waals surface area (Å²) in [5, 5.41) is 0. The normalized spacial score (nSPS) is 20.6. The van der Waals surface area contributed by atoms with Crippen molar-refractivity contribution in [2.75, 3.05) is 0 Å². The van der Waals surface area contributed by atoms with Crippen molar-refractivity contribution >= 4 is 0 Å². The molecule has 3 aliphatic heterocycles. The van der Waals surface area contributed by atoms with Crippen LogP contribution in [-0.2, 0) is 11.1 Å². The minimum Gasteiger partial charge on any atom is -0.217 e. The number of nitrogens with zero attached hydrogens (tertiary/aromatic N) is 5. The van der Waals surface area contributed by atoms with Gasteiger partial charge in [0.25, 0.3) is 11.5 Å². The summed E-state index contributed by atoms with van der Waals surface area (Å²) < 4.78 is 36.1. The monoisotopic (exact) mass is 401 g/mol. The molecule has 0 saturated heterocycles. The van der Waals surface area contributed by atoms with E-state index in [4.69, 9.17) is 0 Å². The van der Waals surface area contributed by atoms with Gasteiger partial charge in [0.05, 0.1) is 6.20 Å². The Morgan fingerprint density at radius 2 is 1.73 bits per heavy atom. The molecule has 5 nitrogen and oxygen atoms in total. The molecule has 30 heavy (non-hydrogen) atoms. The zero-order valence-electron chi connectivity index (χ0n) is 16.6. The molecule has 1 spiro atoms. The predicted molar refractivity (Wildman–Crippen MR) is 102 cm³/mol. The van der Waals surface area contributed by atoms with Crippen LogP contribution in [0.15, 0.2) is 48.7 Å². The fraction of sp³-hybridized carbons (Fsp3) is 0.217. The number of hydrogen-bond donors (Lipinski definition) is 0. The Labute approximate surface area is 170 Å². The van der Waals surface area contributed by atoms with Crippen LogP contribution in [0.25, 0.3) is 17.1 Å². The summed E-state index contributed by atoms with van der Waals surface area (Å²) in [5.41, 5.74) is 3.25. The fourth-order valence-electron chi connectivity index (χ4n) is 5.86. The summed E-state index contributed by atoms with van der Waals surface area (Å²) in [7, 11) is 0. The number of aromatic nitrogens is 5. The van der Waals surface area contributed by atoms with Crippen molar-refractivity contribution in [2.45, 2.75) is 31.8 Å². The standard InChI is InChI=1S/C23H17F2N5/c1-12-26-11-17-23-13-10-18(24)27-21(25)20(13)14-6-4-7-15(29(14)23)22(2,3)16-8-5-9-19(28(12)17)30(16)23/h4-11H,1-3H3/q+2/t23-/m0/s1. The average molecular weight is 401 g/mol. The molecule has 0 aliphatic carbocycles. The maximum atomic E-state index is 15.2. The highest BCUT2D eigenvalue weighted by Gasteiger charge is 2.73. The summed E-state index contributed by atoms with van der Waals surface area (Å²) in [5.74, 6) is 0.149. The van der Waals surface area contributed by atoms with Crippen molar-refractivity contribution in [1.82, 2.24) is 14.5 Å². The number of aryl methyl sites for hydroxylation is 1. The van der Waals surface area contributed by atoms with Gasteiger partial charge in [-0.3, -0.25) is 0 Å². The van der Waals surface area contributed by atoms with Crippen LogP contribution in [0.2, 0.25) is 0 Å². The molecule has 0 radical (unpaired) electrons. The molecule has 0 unspecified atom stereocenters. The molecule has 1 atom stereocenters. The molecule has 0 bridgehead atoms. The van der Waals surface area contributed by atoms with Gasteiger partial charge in [-0.1, -0.05) is 6.07 Å². The van der Waals surface area contributed by atoms with Gasteiger partial charge in [0, 0.05) is 31.2 Å². The smallest absolute Gasteiger partial charge is 0.217 e. The molecule has 7 heterocycles. The van der Waals surface area contributed by atoms with E-state index in [0.29, 0.717) is 16.8 Å². The Morgan fingerprint density at radius 3 is 2.53 bits per heavy atom. The van der Waals surface area contributed by atoms with Gasteiger partial charge in [-0.15, -0.1) is 4.57 Å². The van der Waals surface area contributed by atoms with Crippen molar-refractivity contribution in [3.63, 3.8) is 0 Å². The summed E-state index contributed by atoms with van der Waals surface area (Å²) in [6.45, 7) is 6.28. The van der Waals surface area contributed by atoms with Gasteiger partial charge in [-0.2, -0.15) is 22.9 Å². The van der Waals surface area contributed by atoms with E-state index in [-0.39, 0.29) is 5.41 Å². The van der Waals surface area contributed by atoms with Gasteiger partial charge in [0.2, 0.25) is 23.3 Å². The lowest BCUT2D eigenvalue weighted by molar-refractivity contribution is -0.972. The van der Waals surface area contributed by atoms with E-state index in [1.165, 1.54) is 6.07 Å². The first-order valence-corrected chi connectivity index (χ1v) is 9.92. The molecule has 7 rings (SSSR count). The maximum Gasteiger partial charge on any atom is 0.402 e. The van der Waals surface area contributed by atoms with E-state index >= 15 is 4.39 Å². The van der Waals surface area contributed by atoms with Crippen LogP contribution in [-0.4, -0.2) is 14.5 Å². The molecular weight excluding hydrogens is 384 g/mol. The third-order valence-corrected chi connectivity index (χ3v) is 6.99. The van der Waals surface area contributed by atoms with Crippen LogP contribution < -0.4 is 9.13 Å². The van der Waals surface area contributed by atoms with Crippen LogP contribution in [0.4, 0.5) is 8.78 Å². The molecule has 3 aliphatic rings. The van der Waals surface area contributed by atoms with Crippen molar-refractivity contribution in [2.24, 2.45) is 0 Å². The number of fused-ring (bicyclic) bond motifs is 4. The lowest BCUT2D eigenvalue weighted by atomic mass is 9.79. The predicted octanol–water partition coefficient (Wildman–Crippen LogP) is 2.66. The van der Waals surface area contributed by atoms with Crippen LogP contribution in [0.1, 0.15) is 42.3 Å². The zero-order chi connectivity index (χ0) is 20.6. The number of halogens is 2. The molecule has 0 fully saturated rings. The Balaban J connectivity index is 1.83. The number of imidazole rings is 1. The second kappa shape index (κ2) is 4.64. The maximum absolute atomic E-state index is 15.2. The lowest BCUT2D eigenvalue weighted by Gasteiger charge is -2.33. The third kappa shape index (κ3) is 1.43. The molecule has 0 N–H and O–H groups in total. The van der Waals surface area contributed by atoms with Gasteiger partial charge in [-0.05, 0) is 26.0 Å². The number of hydrogen-bond acceptors (Lipinski definition) is 2. The van der Waals surface area contributed by atoms with Gasteiger partial charge < -0.3 is 0 Å². The highest BCUT2D eigenvalue weighted by atomic mass is 19.1. The van der Waals surface area contributed by atoms with Crippen molar-refractivity contribution in [1.29, 1.82) is 0 Å². The highest BCUT2D eigenvalue weighted by Crippen LogP contribution is 2.49. The van der Waals surface area contributed by atoms with E-state index in [1.54, 1.807) is 0 Å². The summed E-state index contributed by atoms with van der Waals surface area (Å²) in [6, 6.07) is 13.4. The van der Waals surface area contributed by atoms with Gasteiger partial charge in [-0.25, -0.2) is 4.98 Å². The molecule has 7 heteroatoms. The van der Waals surface area contributed by atoms with Gasteiger partial charge >= 0.3 is 5.66 Å². The second-order valence-corrected chi connectivity index (χ2v) is 8.72. The fourth-order valence-corrected chi connectivity index (χ4v) is 5.86. The molecule has 146 valence electrons. The van der Waals surface area contributed by atoms with E-state index in [2.05, 4.69) is 49.6 Å². The van der Waals surface area contributed by atoms with Crippen LogP contribution >= 0.6 is 0 Å². The topological polar surface area (TPSA) is 38.5 Å². The average Bonchev–Trinajstić information content (AvgIpc) is 3.32. The first kappa shape index (κ1) is 16.3. The molecular formula is C23H17F2N5+2. The molecule has 4 aromatic rings. The first-order chi connectivity index (χ1) is 14.4. The van der Waals surface area contributed by atoms with E-state index in [1.807, 2.05) is 37.4 Å². The van der Waals surface area contributed by atoms with Crippen molar-refractivity contribution < 1.29 is 17.9 Å². The number of pyridine rings is 3. The van der Waals surface area contributed by atoms with Crippen LogP contribution in [0.3, 0.4) is 0 Å². The minimum absolute atomic E-state index is 0.344. The Morgan fingerprint density at radius 1 is 1.00 bits per heavy atom. The van der Waals surface area contributed by atoms with E-state index < -0.39 is 17.6 Å². The van der Waals surface area contributed by atoms with Gasteiger partial charge in [0.1, 0.15) is 22.2 Å². The Kier molecular flexibility index (Phi) is 2.52. The van der Waals surface area contributed by atoms with Crippen molar-refractivity contribution in [3.8, 4) is 17.1 Å². The van der Waals surface area contributed by atoms with Gasteiger partial charge in [0.15, 0.2) is 5.82 Å². The second-order valence-electron chi connectivity index (χ2n) is 8.72. The largest absolute Gasteiger partial charge is 0.402 e. The third-order valence-electron chi connectivity index (χ3n) is 6.99. The highest BCUT2D eigenvalue weighted by molar-refractivity contribution is 5.67.